The number of nitrogens with one attached hydrogen (secondary N) is 1. The van der Waals surface area contributed by atoms with Crippen molar-refractivity contribution in [1.29, 1.82) is 0 Å². The maximum Gasteiger partial charge on any atom is 0.126 e. The van der Waals surface area contributed by atoms with Crippen molar-refractivity contribution in [3.05, 3.63) is 35.1 Å². The summed E-state index contributed by atoms with van der Waals surface area (Å²) in [5.41, 5.74) is 1.81. The fourth-order valence-corrected chi connectivity index (χ4v) is 2.95. The van der Waals surface area contributed by atoms with Crippen molar-refractivity contribution in [2.24, 2.45) is 0 Å². The van der Waals surface area contributed by atoms with Gasteiger partial charge in [-0.25, -0.2) is 4.39 Å². The highest BCUT2D eigenvalue weighted by atomic mass is 19.1. The van der Waals surface area contributed by atoms with Gasteiger partial charge in [-0.1, -0.05) is 19.1 Å². The molecule has 0 saturated carbocycles. The molecule has 20 heavy (non-hydrogen) atoms. The molecule has 1 fully saturated rings. The Hall–Kier alpha value is -0.930. The van der Waals surface area contributed by atoms with E-state index >= 15 is 0 Å². The molecule has 1 aromatic carbocycles. The molecule has 0 spiro atoms. The fourth-order valence-electron chi connectivity index (χ4n) is 2.95. The summed E-state index contributed by atoms with van der Waals surface area (Å²) in [6.07, 6.45) is 3.65. The average Bonchev–Trinajstić information content (AvgIpc) is 2.47. The van der Waals surface area contributed by atoms with Gasteiger partial charge < -0.3 is 5.32 Å². The summed E-state index contributed by atoms with van der Waals surface area (Å²) in [7, 11) is 0. The summed E-state index contributed by atoms with van der Waals surface area (Å²) in [5.74, 6) is -0.0907. The van der Waals surface area contributed by atoms with E-state index < -0.39 is 0 Å². The van der Waals surface area contributed by atoms with Crippen LogP contribution in [0.4, 0.5) is 4.39 Å². The molecular formula is C17H27FN2. The Labute approximate surface area is 122 Å². The van der Waals surface area contributed by atoms with Gasteiger partial charge >= 0.3 is 0 Å². The number of benzene rings is 1. The zero-order valence-corrected chi connectivity index (χ0v) is 13.0. The predicted molar refractivity (Wildman–Crippen MR) is 82.4 cm³/mol. The number of halogens is 1. The Bertz CT molecular complexity index is 433. The molecule has 0 aromatic heterocycles. The molecule has 2 unspecified atom stereocenters. The Morgan fingerprint density at radius 2 is 2.25 bits per heavy atom. The van der Waals surface area contributed by atoms with E-state index in [4.69, 9.17) is 0 Å². The summed E-state index contributed by atoms with van der Waals surface area (Å²) >= 11 is 0. The fraction of sp³-hybridized carbons (Fsp3) is 0.647. The van der Waals surface area contributed by atoms with Crippen molar-refractivity contribution in [2.75, 3.05) is 19.6 Å². The van der Waals surface area contributed by atoms with Crippen LogP contribution in [0.1, 0.15) is 50.3 Å². The smallest absolute Gasteiger partial charge is 0.126 e. The molecule has 1 heterocycles. The normalized spacial score (nSPS) is 21.9. The molecule has 3 heteroatoms. The van der Waals surface area contributed by atoms with Gasteiger partial charge in [0.2, 0.25) is 0 Å². The summed E-state index contributed by atoms with van der Waals surface area (Å²) in [6.45, 7) is 9.47. The van der Waals surface area contributed by atoms with Crippen LogP contribution >= 0.6 is 0 Å². The molecule has 2 atom stereocenters. The first-order valence-electron chi connectivity index (χ1n) is 7.85. The van der Waals surface area contributed by atoms with Crippen LogP contribution in [-0.2, 0) is 0 Å². The molecule has 1 N–H and O–H groups in total. The van der Waals surface area contributed by atoms with E-state index in [9.17, 15) is 4.39 Å². The van der Waals surface area contributed by atoms with E-state index in [2.05, 4.69) is 30.1 Å². The second kappa shape index (κ2) is 7.19. The number of rotatable bonds is 5. The summed E-state index contributed by atoms with van der Waals surface area (Å²) < 4.78 is 13.7. The number of hydrogen-bond acceptors (Lipinski definition) is 2. The molecular weight excluding hydrogens is 251 g/mol. The first-order chi connectivity index (χ1) is 9.61. The van der Waals surface area contributed by atoms with Gasteiger partial charge in [-0.3, -0.25) is 4.90 Å². The van der Waals surface area contributed by atoms with Crippen LogP contribution in [0.3, 0.4) is 0 Å². The lowest BCUT2D eigenvalue weighted by Gasteiger charge is -2.37. The standard InChI is InChI=1S/C17H27FN2/c1-4-9-19-16-6-5-10-20(12-16)14(3)15-8-7-13(2)17(18)11-15/h7-8,11,14,16,19H,4-6,9-10,12H2,1-3H3. The van der Waals surface area contributed by atoms with Crippen molar-refractivity contribution in [3.8, 4) is 0 Å². The Morgan fingerprint density at radius 3 is 2.95 bits per heavy atom. The molecule has 1 saturated heterocycles. The molecule has 1 aliphatic rings. The van der Waals surface area contributed by atoms with Crippen molar-refractivity contribution in [3.63, 3.8) is 0 Å². The maximum atomic E-state index is 13.7. The van der Waals surface area contributed by atoms with E-state index in [1.807, 2.05) is 13.0 Å². The van der Waals surface area contributed by atoms with Gasteiger partial charge in [-0.05, 0) is 63.4 Å². The molecule has 0 aliphatic carbocycles. The summed E-state index contributed by atoms with van der Waals surface area (Å²) in [4.78, 5) is 2.47. The third-order valence-corrected chi connectivity index (χ3v) is 4.36. The molecule has 1 aromatic rings. The Balaban J connectivity index is 2.00. The minimum Gasteiger partial charge on any atom is -0.313 e. The largest absolute Gasteiger partial charge is 0.313 e. The molecule has 2 rings (SSSR count). The van der Waals surface area contributed by atoms with Crippen molar-refractivity contribution in [1.82, 2.24) is 10.2 Å². The average molecular weight is 278 g/mol. The first kappa shape index (κ1) is 15.5. The lowest BCUT2D eigenvalue weighted by atomic mass is 9.99. The van der Waals surface area contributed by atoms with Gasteiger partial charge in [0, 0.05) is 18.6 Å². The zero-order chi connectivity index (χ0) is 14.5. The number of hydrogen-bond donors (Lipinski definition) is 1. The van der Waals surface area contributed by atoms with Crippen LogP contribution in [-0.4, -0.2) is 30.6 Å². The number of likely N-dealkylation sites (tertiary alicyclic amines) is 1. The topological polar surface area (TPSA) is 15.3 Å². The third kappa shape index (κ3) is 3.80. The highest BCUT2D eigenvalue weighted by Crippen LogP contribution is 2.25. The van der Waals surface area contributed by atoms with Crippen LogP contribution < -0.4 is 5.32 Å². The van der Waals surface area contributed by atoms with Crippen LogP contribution in [0.5, 0.6) is 0 Å². The molecule has 112 valence electrons. The second-order valence-electron chi connectivity index (χ2n) is 5.97. The maximum absolute atomic E-state index is 13.7. The van der Waals surface area contributed by atoms with Gasteiger partial charge in [-0.15, -0.1) is 0 Å². The minimum absolute atomic E-state index is 0.0907. The summed E-state index contributed by atoms with van der Waals surface area (Å²) in [5, 5.41) is 3.61. The van der Waals surface area contributed by atoms with Crippen LogP contribution in [0.2, 0.25) is 0 Å². The predicted octanol–water partition coefficient (Wildman–Crippen LogP) is 3.66. The van der Waals surface area contributed by atoms with Gasteiger partial charge in [0.15, 0.2) is 0 Å². The van der Waals surface area contributed by atoms with E-state index in [-0.39, 0.29) is 11.9 Å². The highest BCUT2D eigenvalue weighted by Gasteiger charge is 2.24. The molecule has 0 radical (unpaired) electrons. The summed E-state index contributed by atoms with van der Waals surface area (Å²) in [6, 6.07) is 6.52. The van der Waals surface area contributed by atoms with Gasteiger partial charge in [0.05, 0.1) is 0 Å². The quantitative estimate of drug-likeness (QED) is 0.884. The zero-order valence-electron chi connectivity index (χ0n) is 13.0. The van der Waals surface area contributed by atoms with E-state index in [1.54, 1.807) is 6.07 Å². The van der Waals surface area contributed by atoms with Crippen molar-refractivity contribution < 1.29 is 4.39 Å². The Kier molecular flexibility index (Phi) is 5.55. The monoisotopic (exact) mass is 278 g/mol. The van der Waals surface area contributed by atoms with Crippen molar-refractivity contribution >= 4 is 0 Å². The number of nitrogens with zero attached hydrogens (tertiary/aromatic N) is 1. The minimum atomic E-state index is -0.0907. The molecule has 0 bridgehead atoms. The van der Waals surface area contributed by atoms with Crippen LogP contribution in [0, 0.1) is 12.7 Å². The second-order valence-corrected chi connectivity index (χ2v) is 5.97. The van der Waals surface area contributed by atoms with Gasteiger partial charge in [-0.2, -0.15) is 0 Å². The molecule has 0 amide bonds. The van der Waals surface area contributed by atoms with Gasteiger partial charge in [0.25, 0.3) is 0 Å². The van der Waals surface area contributed by atoms with Crippen LogP contribution in [0.25, 0.3) is 0 Å². The number of aryl methyl sites for hydroxylation is 1. The van der Waals surface area contributed by atoms with Crippen LogP contribution in [0.15, 0.2) is 18.2 Å². The van der Waals surface area contributed by atoms with E-state index in [1.165, 1.54) is 19.3 Å². The Morgan fingerprint density at radius 1 is 1.45 bits per heavy atom. The SMILES string of the molecule is CCCNC1CCCN(C(C)c2ccc(C)c(F)c2)C1. The third-order valence-electron chi connectivity index (χ3n) is 4.36. The van der Waals surface area contributed by atoms with Gasteiger partial charge in [0.1, 0.15) is 5.82 Å². The molecule has 1 aliphatic heterocycles. The lowest BCUT2D eigenvalue weighted by Crippen LogP contribution is -2.46. The molecule has 2 nitrogen and oxygen atoms in total. The lowest BCUT2D eigenvalue weighted by molar-refractivity contribution is 0.146. The first-order valence-corrected chi connectivity index (χ1v) is 7.85. The van der Waals surface area contributed by atoms with Crippen molar-refractivity contribution in [2.45, 2.75) is 52.1 Å². The highest BCUT2D eigenvalue weighted by molar-refractivity contribution is 5.25. The van der Waals surface area contributed by atoms with E-state index in [0.717, 1.165) is 30.8 Å². The van der Waals surface area contributed by atoms with E-state index in [0.29, 0.717) is 6.04 Å². The number of piperidine rings is 1.